The zero-order valence-corrected chi connectivity index (χ0v) is 6.22. The molecule has 1 N–H and O–H groups in total. The minimum absolute atomic E-state index is 0.199. The van der Waals surface area contributed by atoms with Gasteiger partial charge in [0.2, 0.25) is 0 Å². The molecule has 0 aliphatic heterocycles. The van der Waals surface area contributed by atoms with Crippen LogP contribution in [0.5, 0.6) is 0 Å². The third-order valence-corrected chi connectivity index (χ3v) is 1.89. The fraction of sp³-hybridized carbons (Fsp3) is 0.857. The Labute approximate surface area is 55.9 Å². The van der Waals surface area contributed by atoms with Gasteiger partial charge in [0.15, 0.2) is 0 Å². The molecule has 0 aromatic carbocycles. The maximum absolute atomic E-state index is 10.3. The molecule has 0 aliphatic carbocycles. The Balaban J connectivity index is 3.72. The summed E-state index contributed by atoms with van der Waals surface area (Å²) in [6.07, 6.45) is 0.938. The fourth-order valence-electron chi connectivity index (χ4n) is 0.597. The first-order chi connectivity index (χ1) is 4.09. The maximum atomic E-state index is 10.3. The van der Waals surface area contributed by atoms with Crippen LogP contribution in [0.3, 0.4) is 0 Å². The van der Waals surface area contributed by atoms with E-state index in [1.54, 1.807) is 6.92 Å². The topological polar surface area (TPSA) is 37.3 Å². The van der Waals surface area contributed by atoms with Crippen molar-refractivity contribution < 1.29 is 9.90 Å². The van der Waals surface area contributed by atoms with E-state index in [2.05, 4.69) is 0 Å². The van der Waals surface area contributed by atoms with Crippen molar-refractivity contribution in [1.29, 1.82) is 0 Å². The van der Waals surface area contributed by atoms with Crippen LogP contribution in [0.25, 0.3) is 0 Å². The van der Waals surface area contributed by atoms with Gasteiger partial charge in [-0.15, -0.1) is 0 Å². The Morgan fingerprint density at radius 1 is 1.56 bits per heavy atom. The molecule has 0 aromatic rings. The SMILES string of the molecule is CC[C@H](C)C(C)C(=O)O. The van der Waals surface area contributed by atoms with E-state index in [0.29, 0.717) is 5.92 Å². The van der Waals surface area contributed by atoms with Crippen LogP contribution in [0.15, 0.2) is 0 Å². The molecule has 0 bridgehead atoms. The Morgan fingerprint density at radius 3 is 2.11 bits per heavy atom. The Hall–Kier alpha value is -0.530. The lowest BCUT2D eigenvalue weighted by atomic mass is 9.94. The van der Waals surface area contributed by atoms with E-state index < -0.39 is 5.97 Å². The van der Waals surface area contributed by atoms with E-state index in [4.69, 9.17) is 5.11 Å². The van der Waals surface area contributed by atoms with Crippen LogP contribution in [0, 0.1) is 11.8 Å². The molecule has 0 spiro atoms. The van der Waals surface area contributed by atoms with E-state index in [9.17, 15) is 4.79 Å². The molecule has 0 heterocycles. The number of carbonyl (C=O) groups is 1. The van der Waals surface area contributed by atoms with Crippen LogP contribution in [0.2, 0.25) is 0 Å². The minimum Gasteiger partial charge on any atom is -0.481 e. The van der Waals surface area contributed by atoms with Gasteiger partial charge in [-0.2, -0.15) is 0 Å². The predicted molar refractivity (Wildman–Crippen MR) is 36.3 cm³/mol. The van der Waals surface area contributed by atoms with Crippen LogP contribution < -0.4 is 0 Å². The largest absolute Gasteiger partial charge is 0.481 e. The van der Waals surface area contributed by atoms with Crippen LogP contribution >= 0.6 is 0 Å². The number of carboxylic acid groups (broad SMARTS) is 1. The lowest BCUT2D eigenvalue weighted by Crippen LogP contribution is -2.17. The summed E-state index contributed by atoms with van der Waals surface area (Å²) in [7, 11) is 0. The predicted octanol–water partition coefficient (Wildman–Crippen LogP) is 1.75. The maximum Gasteiger partial charge on any atom is 0.306 e. The number of aliphatic carboxylic acids is 1. The second-order valence-electron chi connectivity index (χ2n) is 2.51. The zero-order chi connectivity index (χ0) is 7.44. The standard InChI is InChI=1S/C7H14O2/c1-4-5(2)6(3)7(8)9/h5-6H,4H2,1-3H3,(H,8,9)/t5-,6?/m0/s1. The minimum atomic E-state index is -0.690. The molecular formula is C7H14O2. The highest BCUT2D eigenvalue weighted by molar-refractivity contribution is 5.69. The van der Waals surface area contributed by atoms with Crippen LogP contribution in [-0.2, 0) is 4.79 Å². The number of carboxylic acids is 1. The van der Waals surface area contributed by atoms with Crippen molar-refractivity contribution in [2.75, 3.05) is 0 Å². The van der Waals surface area contributed by atoms with Gasteiger partial charge in [0.25, 0.3) is 0 Å². The quantitative estimate of drug-likeness (QED) is 0.632. The smallest absolute Gasteiger partial charge is 0.306 e. The van der Waals surface area contributed by atoms with Gasteiger partial charge in [-0.25, -0.2) is 0 Å². The third-order valence-electron chi connectivity index (χ3n) is 1.89. The Kier molecular flexibility index (Phi) is 3.28. The highest BCUT2D eigenvalue weighted by Crippen LogP contribution is 2.13. The first-order valence-corrected chi connectivity index (χ1v) is 3.32. The van der Waals surface area contributed by atoms with Crippen molar-refractivity contribution in [3.63, 3.8) is 0 Å². The summed E-state index contributed by atoms with van der Waals surface area (Å²) in [6, 6.07) is 0. The van der Waals surface area contributed by atoms with E-state index in [-0.39, 0.29) is 5.92 Å². The van der Waals surface area contributed by atoms with Gasteiger partial charge >= 0.3 is 5.97 Å². The molecule has 0 saturated carbocycles. The molecule has 0 fully saturated rings. The highest BCUT2D eigenvalue weighted by Gasteiger charge is 2.16. The van der Waals surface area contributed by atoms with Gasteiger partial charge in [-0.3, -0.25) is 4.79 Å². The van der Waals surface area contributed by atoms with Crippen molar-refractivity contribution in [2.45, 2.75) is 27.2 Å². The van der Waals surface area contributed by atoms with E-state index in [1.165, 1.54) is 0 Å². The molecule has 0 amide bonds. The van der Waals surface area contributed by atoms with Gasteiger partial charge in [0.05, 0.1) is 5.92 Å². The second kappa shape index (κ2) is 3.49. The van der Waals surface area contributed by atoms with Gasteiger partial charge in [-0.05, 0) is 5.92 Å². The van der Waals surface area contributed by atoms with Crippen LogP contribution in [0.1, 0.15) is 27.2 Å². The van der Waals surface area contributed by atoms with Crippen LogP contribution in [0.4, 0.5) is 0 Å². The lowest BCUT2D eigenvalue weighted by molar-refractivity contribution is -0.142. The average molecular weight is 130 g/mol. The molecular weight excluding hydrogens is 116 g/mol. The number of rotatable bonds is 3. The van der Waals surface area contributed by atoms with Gasteiger partial charge in [0.1, 0.15) is 0 Å². The van der Waals surface area contributed by atoms with Gasteiger partial charge < -0.3 is 5.11 Å². The van der Waals surface area contributed by atoms with Gasteiger partial charge in [0, 0.05) is 0 Å². The summed E-state index contributed by atoms with van der Waals surface area (Å²) >= 11 is 0. The number of hydrogen-bond acceptors (Lipinski definition) is 1. The monoisotopic (exact) mass is 130 g/mol. The Morgan fingerprint density at radius 2 is 2.00 bits per heavy atom. The molecule has 1 unspecified atom stereocenters. The molecule has 0 radical (unpaired) electrons. The van der Waals surface area contributed by atoms with Crippen molar-refractivity contribution in [1.82, 2.24) is 0 Å². The van der Waals surface area contributed by atoms with E-state index in [0.717, 1.165) is 6.42 Å². The first kappa shape index (κ1) is 8.47. The first-order valence-electron chi connectivity index (χ1n) is 3.32. The average Bonchev–Trinajstić information content (AvgIpc) is 1.84. The summed E-state index contributed by atoms with van der Waals surface area (Å²) in [5, 5.41) is 8.48. The molecule has 9 heavy (non-hydrogen) atoms. The third kappa shape index (κ3) is 2.49. The molecule has 0 aromatic heterocycles. The summed E-state index contributed by atoms with van der Waals surface area (Å²) < 4.78 is 0. The molecule has 0 aliphatic rings. The van der Waals surface area contributed by atoms with Crippen molar-refractivity contribution in [2.24, 2.45) is 11.8 Å². The molecule has 0 saturated heterocycles. The molecule has 54 valence electrons. The molecule has 2 heteroatoms. The highest BCUT2D eigenvalue weighted by atomic mass is 16.4. The normalized spacial score (nSPS) is 16.8. The second-order valence-corrected chi connectivity index (χ2v) is 2.51. The zero-order valence-electron chi connectivity index (χ0n) is 6.22. The Bertz CT molecular complexity index is 99.1. The molecule has 2 nitrogen and oxygen atoms in total. The van der Waals surface area contributed by atoms with E-state index >= 15 is 0 Å². The number of hydrogen-bond donors (Lipinski definition) is 1. The van der Waals surface area contributed by atoms with Crippen molar-refractivity contribution in [3.05, 3.63) is 0 Å². The van der Waals surface area contributed by atoms with Crippen molar-refractivity contribution in [3.8, 4) is 0 Å². The summed E-state index contributed by atoms with van der Waals surface area (Å²) in [4.78, 5) is 10.3. The summed E-state index contributed by atoms with van der Waals surface area (Å²) in [6.45, 7) is 5.71. The molecule has 0 rings (SSSR count). The fourth-order valence-corrected chi connectivity index (χ4v) is 0.597. The lowest BCUT2D eigenvalue weighted by Gasteiger charge is -2.11. The summed E-state index contributed by atoms with van der Waals surface area (Å²) in [5.41, 5.74) is 0. The van der Waals surface area contributed by atoms with Crippen molar-refractivity contribution >= 4 is 5.97 Å². The van der Waals surface area contributed by atoms with E-state index in [1.807, 2.05) is 13.8 Å². The van der Waals surface area contributed by atoms with Crippen LogP contribution in [-0.4, -0.2) is 11.1 Å². The molecule has 2 atom stereocenters. The van der Waals surface area contributed by atoms with Gasteiger partial charge in [-0.1, -0.05) is 27.2 Å². The summed E-state index contributed by atoms with van der Waals surface area (Å²) in [5.74, 6) is -0.596.